The molecule has 100 valence electrons. The molecule has 1 heteroatoms. The fraction of sp³-hybridized carbons (Fsp3) is 0.529. The molecule has 0 saturated heterocycles. The molecule has 0 fully saturated rings. The second-order valence-electron chi connectivity index (χ2n) is 4.23. The summed E-state index contributed by atoms with van der Waals surface area (Å²) in [6.45, 7) is 10.6. The zero-order valence-electron chi connectivity index (χ0n) is 12.4. The zero-order chi connectivity index (χ0) is 14.0. The van der Waals surface area contributed by atoms with Crippen molar-refractivity contribution < 1.29 is 0 Å². The van der Waals surface area contributed by atoms with Gasteiger partial charge in [0.1, 0.15) is 0 Å². The molecule has 0 aromatic rings. The van der Waals surface area contributed by atoms with Gasteiger partial charge < -0.3 is 0 Å². The van der Waals surface area contributed by atoms with E-state index in [9.17, 15) is 0 Å². The highest BCUT2D eigenvalue weighted by molar-refractivity contribution is 8.03. The quantitative estimate of drug-likeness (QED) is 0.595. The summed E-state index contributed by atoms with van der Waals surface area (Å²) in [5.41, 5.74) is 1.46. The molecule has 1 atom stereocenters. The van der Waals surface area contributed by atoms with E-state index in [1.54, 1.807) is 0 Å². The standard InChI is InChI=1S/C15H20S.C2H6/c1-5-8-13-9-11-15(4,6-2)12-10-14(13)16-7-3;1-2/h1,9-12H,6-8H2,2-4H3;1-2H3. The average molecular weight is 262 g/mol. The van der Waals surface area contributed by atoms with Crippen LogP contribution in [0, 0.1) is 17.8 Å². The molecule has 0 saturated carbocycles. The van der Waals surface area contributed by atoms with Crippen molar-refractivity contribution in [3.8, 4) is 12.3 Å². The molecule has 1 unspecified atom stereocenters. The van der Waals surface area contributed by atoms with Gasteiger partial charge in [0.15, 0.2) is 0 Å². The lowest BCUT2D eigenvalue weighted by atomic mass is 9.87. The van der Waals surface area contributed by atoms with E-state index in [0.29, 0.717) is 0 Å². The van der Waals surface area contributed by atoms with Crippen molar-refractivity contribution in [2.45, 2.75) is 47.5 Å². The molecule has 1 rings (SSSR count). The summed E-state index contributed by atoms with van der Waals surface area (Å²) in [5, 5.41) is 0. The van der Waals surface area contributed by atoms with Crippen molar-refractivity contribution in [1.82, 2.24) is 0 Å². The number of rotatable bonds is 4. The van der Waals surface area contributed by atoms with Gasteiger partial charge in [0.2, 0.25) is 0 Å². The van der Waals surface area contributed by atoms with E-state index < -0.39 is 0 Å². The average Bonchev–Trinajstić information content (AvgIpc) is 2.56. The van der Waals surface area contributed by atoms with E-state index >= 15 is 0 Å². The first-order chi connectivity index (χ1) is 8.65. The van der Waals surface area contributed by atoms with Crippen LogP contribution in [0.4, 0.5) is 0 Å². The molecule has 18 heavy (non-hydrogen) atoms. The fourth-order valence-corrected chi connectivity index (χ4v) is 2.39. The molecule has 0 N–H and O–H groups in total. The van der Waals surface area contributed by atoms with Crippen molar-refractivity contribution >= 4 is 11.8 Å². The van der Waals surface area contributed by atoms with Crippen LogP contribution >= 0.6 is 11.8 Å². The van der Waals surface area contributed by atoms with Crippen LogP contribution in [0.5, 0.6) is 0 Å². The summed E-state index contributed by atoms with van der Waals surface area (Å²) in [5.74, 6) is 3.83. The summed E-state index contributed by atoms with van der Waals surface area (Å²) < 4.78 is 0. The summed E-state index contributed by atoms with van der Waals surface area (Å²) in [6, 6.07) is 0. The molecule has 0 nitrogen and oxygen atoms in total. The van der Waals surface area contributed by atoms with Crippen LogP contribution in [-0.2, 0) is 0 Å². The van der Waals surface area contributed by atoms with Crippen molar-refractivity contribution in [2.75, 3.05) is 5.75 Å². The van der Waals surface area contributed by atoms with Crippen LogP contribution in [-0.4, -0.2) is 5.75 Å². The summed E-state index contributed by atoms with van der Waals surface area (Å²) in [7, 11) is 0. The summed E-state index contributed by atoms with van der Waals surface area (Å²) >= 11 is 1.87. The van der Waals surface area contributed by atoms with Gasteiger partial charge >= 0.3 is 0 Å². The third-order valence-corrected chi connectivity index (χ3v) is 3.95. The molecule has 1 aliphatic carbocycles. The maximum Gasteiger partial charge on any atom is 0.0348 e. The van der Waals surface area contributed by atoms with Crippen molar-refractivity contribution in [3.63, 3.8) is 0 Å². The summed E-state index contributed by atoms with van der Waals surface area (Å²) in [4.78, 5) is 1.33. The number of allylic oxidation sites excluding steroid dienone is 5. The third kappa shape index (κ3) is 5.19. The predicted octanol–water partition coefficient (Wildman–Crippen LogP) is 5.59. The van der Waals surface area contributed by atoms with Crippen LogP contribution in [0.1, 0.15) is 47.5 Å². The van der Waals surface area contributed by atoms with E-state index in [4.69, 9.17) is 6.42 Å². The van der Waals surface area contributed by atoms with Crippen LogP contribution in [0.2, 0.25) is 0 Å². The molecule has 0 radical (unpaired) electrons. The largest absolute Gasteiger partial charge is 0.126 e. The maximum atomic E-state index is 5.42. The Morgan fingerprint density at radius 1 is 1.22 bits per heavy atom. The van der Waals surface area contributed by atoms with E-state index in [1.807, 2.05) is 25.6 Å². The Balaban J connectivity index is 0.00000137. The van der Waals surface area contributed by atoms with Crippen LogP contribution < -0.4 is 0 Å². The summed E-state index contributed by atoms with van der Waals surface area (Å²) in [6.07, 6.45) is 16.3. The minimum absolute atomic E-state index is 0.176. The van der Waals surface area contributed by atoms with Gasteiger partial charge in [-0.05, 0) is 17.7 Å². The molecular weight excluding hydrogens is 236 g/mol. The first-order valence-electron chi connectivity index (χ1n) is 6.83. The van der Waals surface area contributed by atoms with Gasteiger partial charge in [0, 0.05) is 16.7 Å². The molecular formula is C17H26S. The molecule has 0 spiro atoms. The molecule has 1 aliphatic rings. The van der Waals surface area contributed by atoms with Gasteiger partial charge in [0.05, 0.1) is 0 Å². The molecule has 0 amide bonds. The van der Waals surface area contributed by atoms with Crippen LogP contribution in [0.15, 0.2) is 34.8 Å². The Bertz CT molecular complexity index is 366. The van der Waals surface area contributed by atoms with E-state index in [-0.39, 0.29) is 5.41 Å². The van der Waals surface area contributed by atoms with Gasteiger partial charge in [-0.1, -0.05) is 58.9 Å². The minimum Gasteiger partial charge on any atom is -0.126 e. The van der Waals surface area contributed by atoms with E-state index in [2.05, 4.69) is 51.0 Å². The number of terminal acetylenes is 1. The van der Waals surface area contributed by atoms with E-state index in [0.717, 1.165) is 18.6 Å². The Kier molecular flexibility index (Phi) is 8.67. The zero-order valence-corrected chi connectivity index (χ0v) is 13.2. The first kappa shape index (κ1) is 17.1. The predicted molar refractivity (Wildman–Crippen MR) is 86.6 cm³/mol. The monoisotopic (exact) mass is 262 g/mol. The first-order valence-corrected chi connectivity index (χ1v) is 7.81. The Morgan fingerprint density at radius 3 is 2.33 bits per heavy atom. The van der Waals surface area contributed by atoms with Crippen molar-refractivity contribution in [3.05, 3.63) is 34.8 Å². The molecule has 0 heterocycles. The number of hydrogen-bond acceptors (Lipinski definition) is 1. The fourth-order valence-electron chi connectivity index (χ4n) is 1.59. The topological polar surface area (TPSA) is 0 Å². The van der Waals surface area contributed by atoms with Gasteiger partial charge in [-0.25, -0.2) is 0 Å². The van der Waals surface area contributed by atoms with Gasteiger partial charge in [-0.3, -0.25) is 0 Å². The number of hydrogen-bond donors (Lipinski definition) is 0. The molecule has 0 bridgehead atoms. The number of thioether (sulfide) groups is 1. The molecule has 0 aromatic carbocycles. The van der Waals surface area contributed by atoms with Gasteiger partial charge in [-0.15, -0.1) is 24.1 Å². The second-order valence-corrected chi connectivity index (χ2v) is 5.54. The van der Waals surface area contributed by atoms with Crippen molar-refractivity contribution in [1.29, 1.82) is 0 Å². The Labute approximate surface area is 118 Å². The third-order valence-electron chi connectivity index (χ3n) is 2.95. The Hall–Kier alpha value is -0.870. The smallest absolute Gasteiger partial charge is 0.0348 e. The molecule has 0 aliphatic heterocycles. The second kappa shape index (κ2) is 9.11. The maximum absolute atomic E-state index is 5.42. The normalized spacial score (nSPS) is 22.0. The van der Waals surface area contributed by atoms with Crippen molar-refractivity contribution in [2.24, 2.45) is 5.41 Å². The van der Waals surface area contributed by atoms with Crippen LogP contribution in [0.3, 0.4) is 0 Å². The van der Waals surface area contributed by atoms with E-state index in [1.165, 1.54) is 10.5 Å². The van der Waals surface area contributed by atoms with Gasteiger partial charge in [-0.2, -0.15) is 0 Å². The van der Waals surface area contributed by atoms with Gasteiger partial charge in [0.25, 0.3) is 0 Å². The van der Waals surface area contributed by atoms with Crippen LogP contribution in [0.25, 0.3) is 0 Å². The molecule has 0 aromatic heterocycles. The Morgan fingerprint density at radius 2 is 1.83 bits per heavy atom. The minimum atomic E-state index is 0.176. The lowest BCUT2D eigenvalue weighted by molar-refractivity contribution is 0.531. The highest BCUT2D eigenvalue weighted by Gasteiger charge is 2.17. The highest BCUT2D eigenvalue weighted by atomic mass is 32.2. The lowest BCUT2D eigenvalue weighted by Gasteiger charge is -2.18. The SMILES string of the molecule is C#CCC1=C(SCC)C=CC(C)(CC)C=C1.CC. The lowest BCUT2D eigenvalue weighted by Crippen LogP contribution is -2.06. The highest BCUT2D eigenvalue weighted by Crippen LogP contribution is 2.33.